The van der Waals surface area contributed by atoms with Gasteiger partial charge in [0.2, 0.25) is 5.95 Å². The van der Waals surface area contributed by atoms with Gasteiger partial charge in [-0.2, -0.15) is 4.39 Å². The van der Waals surface area contributed by atoms with Crippen LogP contribution in [0.2, 0.25) is 25.1 Å². The number of rotatable bonds is 1. The van der Waals surface area contributed by atoms with Crippen molar-refractivity contribution >= 4 is 58.0 Å². The zero-order chi connectivity index (χ0) is 14.3. The van der Waals surface area contributed by atoms with Crippen LogP contribution in [0.5, 0.6) is 0 Å². The Bertz CT molecular complexity index is 646. The van der Waals surface area contributed by atoms with Gasteiger partial charge in [0.25, 0.3) is 0 Å². The minimum atomic E-state index is -1.29. The molecule has 0 bridgehead atoms. The molecule has 0 unspecified atom stereocenters. The summed E-state index contributed by atoms with van der Waals surface area (Å²) in [6.07, 6.45) is 1.07. The summed E-state index contributed by atoms with van der Waals surface area (Å²) in [5.74, 6) is -2.49. The number of nitrogens with zero attached hydrogens (tertiary/aromatic N) is 1. The van der Waals surface area contributed by atoms with E-state index in [4.69, 9.17) is 58.0 Å². The van der Waals surface area contributed by atoms with E-state index in [9.17, 15) is 8.78 Å². The van der Waals surface area contributed by atoms with E-state index >= 15 is 0 Å². The Kier molecular flexibility index (Phi) is 4.43. The van der Waals surface area contributed by atoms with Crippen LogP contribution in [-0.2, 0) is 0 Å². The number of halogens is 7. The van der Waals surface area contributed by atoms with Gasteiger partial charge in [0, 0.05) is 17.3 Å². The van der Waals surface area contributed by atoms with Crippen LogP contribution < -0.4 is 0 Å². The number of benzene rings is 1. The molecule has 1 heterocycles. The summed E-state index contributed by atoms with van der Waals surface area (Å²) >= 11 is 29.5. The molecule has 0 aliphatic carbocycles. The molecule has 8 heteroatoms. The molecule has 0 atom stereocenters. The van der Waals surface area contributed by atoms with Gasteiger partial charge < -0.3 is 0 Å². The number of hydrogen-bond donors (Lipinski definition) is 0. The normalized spacial score (nSPS) is 10.9. The van der Waals surface area contributed by atoms with Crippen molar-refractivity contribution in [1.29, 1.82) is 0 Å². The fourth-order valence-electron chi connectivity index (χ4n) is 1.45. The first-order valence-corrected chi connectivity index (χ1v) is 6.57. The van der Waals surface area contributed by atoms with Crippen molar-refractivity contribution in [2.45, 2.75) is 0 Å². The summed E-state index contributed by atoms with van der Waals surface area (Å²) in [6, 6.07) is 1.20. The predicted octanol–water partition coefficient (Wildman–Crippen LogP) is 6.29. The molecule has 1 aromatic heterocycles. The molecular formula is C11H2Cl5F2N. The summed E-state index contributed by atoms with van der Waals surface area (Å²) in [7, 11) is 0. The van der Waals surface area contributed by atoms with Gasteiger partial charge in [0.1, 0.15) is 0 Å². The van der Waals surface area contributed by atoms with E-state index in [1.807, 2.05) is 0 Å². The second-order valence-electron chi connectivity index (χ2n) is 3.41. The molecule has 0 radical (unpaired) electrons. The van der Waals surface area contributed by atoms with Gasteiger partial charge in [0.05, 0.1) is 25.1 Å². The van der Waals surface area contributed by atoms with E-state index in [0.717, 1.165) is 6.20 Å². The molecule has 0 N–H and O–H groups in total. The first-order chi connectivity index (χ1) is 8.86. The summed E-state index contributed by atoms with van der Waals surface area (Å²) < 4.78 is 26.9. The maximum absolute atomic E-state index is 13.7. The molecule has 100 valence electrons. The summed E-state index contributed by atoms with van der Waals surface area (Å²) in [5.41, 5.74) is -0.246. The molecule has 0 aliphatic rings. The lowest BCUT2D eigenvalue weighted by atomic mass is 10.1. The molecule has 1 nitrogen and oxygen atoms in total. The summed E-state index contributed by atoms with van der Waals surface area (Å²) in [6.45, 7) is 0. The molecule has 0 fully saturated rings. The van der Waals surface area contributed by atoms with Gasteiger partial charge in [-0.15, -0.1) is 0 Å². The molecular weight excluding hydrogens is 361 g/mol. The summed E-state index contributed by atoms with van der Waals surface area (Å²) in [5, 5.41) is -0.484. The van der Waals surface area contributed by atoms with E-state index in [2.05, 4.69) is 4.98 Å². The highest BCUT2D eigenvalue weighted by Gasteiger charge is 2.23. The topological polar surface area (TPSA) is 12.9 Å². The molecule has 0 aliphatic heterocycles. The fourth-order valence-corrected chi connectivity index (χ4v) is 2.79. The third-order valence-electron chi connectivity index (χ3n) is 2.33. The summed E-state index contributed by atoms with van der Waals surface area (Å²) in [4.78, 5) is 3.17. The van der Waals surface area contributed by atoms with Crippen molar-refractivity contribution in [2.24, 2.45) is 0 Å². The Morgan fingerprint density at radius 3 is 1.79 bits per heavy atom. The lowest BCUT2D eigenvalue weighted by Crippen LogP contribution is -1.95. The van der Waals surface area contributed by atoms with Crippen LogP contribution in [0.4, 0.5) is 8.78 Å². The van der Waals surface area contributed by atoms with E-state index < -0.39 is 11.8 Å². The monoisotopic (exact) mass is 361 g/mol. The van der Waals surface area contributed by atoms with E-state index in [0.29, 0.717) is 0 Å². The SMILES string of the molecule is Fc1nccc(-c2c(Cl)c(Cl)c(Cl)c(Cl)c2Cl)c1F. The average molecular weight is 363 g/mol. The van der Waals surface area contributed by atoms with Crippen molar-refractivity contribution in [3.63, 3.8) is 0 Å². The van der Waals surface area contributed by atoms with Crippen molar-refractivity contribution < 1.29 is 8.78 Å². The Morgan fingerprint density at radius 1 is 0.789 bits per heavy atom. The van der Waals surface area contributed by atoms with E-state index in [1.165, 1.54) is 6.07 Å². The molecule has 0 spiro atoms. The third kappa shape index (κ3) is 2.50. The minimum Gasteiger partial charge on any atom is -0.226 e. The zero-order valence-corrected chi connectivity index (χ0v) is 12.5. The highest BCUT2D eigenvalue weighted by Crippen LogP contribution is 2.48. The van der Waals surface area contributed by atoms with Crippen LogP contribution in [0.1, 0.15) is 0 Å². The molecule has 2 aromatic rings. The standard InChI is InChI=1S/C11H2Cl5F2N/c12-5-4(3-1-2-19-11(18)10(3)17)6(13)8(15)9(16)7(5)14/h1-2H. The molecule has 0 amide bonds. The fraction of sp³-hybridized carbons (Fsp3) is 0. The van der Waals surface area contributed by atoms with Crippen LogP contribution in [0.15, 0.2) is 12.3 Å². The zero-order valence-electron chi connectivity index (χ0n) is 8.75. The van der Waals surface area contributed by atoms with Crippen LogP contribution in [0.3, 0.4) is 0 Å². The van der Waals surface area contributed by atoms with Crippen molar-refractivity contribution in [1.82, 2.24) is 4.98 Å². The largest absolute Gasteiger partial charge is 0.249 e. The second-order valence-corrected chi connectivity index (χ2v) is 5.30. The average Bonchev–Trinajstić information content (AvgIpc) is 2.39. The first kappa shape index (κ1) is 15.1. The first-order valence-electron chi connectivity index (χ1n) is 4.68. The lowest BCUT2D eigenvalue weighted by Gasteiger charge is -2.13. The Labute approximate surface area is 132 Å². The van der Waals surface area contributed by atoms with Crippen molar-refractivity contribution in [2.75, 3.05) is 0 Å². The highest BCUT2D eigenvalue weighted by molar-refractivity contribution is 6.56. The quantitative estimate of drug-likeness (QED) is 0.329. The van der Waals surface area contributed by atoms with E-state index in [-0.39, 0.29) is 36.2 Å². The smallest absolute Gasteiger partial charge is 0.226 e. The van der Waals surface area contributed by atoms with Gasteiger partial charge in [-0.3, -0.25) is 0 Å². The number of pyridine rings is 1. The minimum absolute atomic E-state index is 0.0402. The Balaban J connectivity index is 2.87. The molecule has 2 rings (SSSR count). The lowest BCUT2D eigenvalue weighted by molar-refractivity contribution is 0.482. The Hall–Kier alpha value is -0.320. The van der Waals surface area contributed by atoms with Crippen LogP contribution in [0, 0.1) is 11.8 Å². The molecule has 0 saturated carbocycles. The van der Waals surface area contributed by atoms with E-state index in [1.54, 1.807) is 0 Å². The van der Waals surface area contributed by atoms with Gasteiger partial charge in [-0.05, 0) is 6.07 Å². The van der Waals surface area contributed by atoms with Crippen molar-refractivity contribution in [3.05, 3.63) is 49.1 Å². The highest BCUT2D eigenvalue weighted by atomic mass is 35.5. The molecule has 1 aromatic carbocycles. The molecule has 0 saturated heterocycles. The van der Waals surface area contributed by atoms with Crippen molar-refractivity contribution in [3.8, 4) is 11.1 Å². The van der Waals surface area contributed by atoms with Gasteiger partial charge in [-0.25, -0.2) is 9.37 Å². The number of hydrogen-bond acceptors (Lipinski definition) is 1. The van der Waals surface area contributed by atoms with Gasteiger partial charge in [-0.1, -0.05) is 58.0 Å². The number of aromatic nitrogens is 1. The Morgan fingerprint density at radius 2 is 1.26 bits per heavy atom. The molecule has 19 heavy (non-hydrogen) atoms. The van der Waals surface area contributed by atoms with Crippen LogP contribution in [0.25, 0.3) is 11.1 Å². The maximum Gasteiger partial charge on any atom is 0.249 e. The maximum atomic E-state index is 13.7. The van der Waals surface area contributed by atoms with Crippen LogP contribution >= 0.6 is 58.0 Å². The van der Waals surface area contributed by atoms with Gasteiger partial charge >= 0.3 is 0 Å². The predicted molar refractivity (Wildman–Crippen MR) is 74.6 cm³/mol. The van der Waals surface area contributed by atoms with Crippen LogP contribution in [-0.4, -0.2) is 4.98 Å². The van der Waals surface area contributed by atoms with Gasteiger partial charge in [0.15, 0.2) is 5.82 Å². The second kappa shape index (κ2) is 5.58. The third-order valence-corrected chi connectivity index (χ3v) is 4.60.